The van der Waals surface area contributed by atoms with Crippen molar-refractivity contribution in [2.24, 2.45) is 0 Å². The normalized spacial score (nSPS) is 18.7. The molecule has 0 unspecified atom stereocenters. The van der Waals surface area contributed by atoms with E-state index in [4.69, 9.17) is 4.74 Å². The highest BCUT2D eigenvalue weighted by atomic mass is 19.1. The van der Waals surface area contributed by atoms with E-state index < -0.39 is 0 Å². The largest absolute Gasteiger partial charge is 0.490 e. The van der Waals surface area contributed by atoms with E-state index in [0.717, 1.165) is 25.9 Å². The van der Waals surface area contributed by atoms with E-state index in [1.54, 1.807) is 13.0 Å². The molecule has 1 aliphatic rings. The molecule has 16 heavy (non-hydrogen) atoms. The lowest BCUT2D eigenvalue weighted by atomic mass is 10.1. The molecule has 1 saturated heterocycles. The number of halogens is 1. The van der Waals surface area contributed by atoms with Crippen molar-refractivity contribution >= 4 is 0 Å². The van der Waals surface area contributed by atoms with E-state index in [1.807, 2.05) is 6.07 Å². The Balaban J connectivity index is 1.96. The summed E-state index contributed by atoms with van der Waals surface area (Å²) in [5.74, 6) is 0.461. The Morgan fingerprint density at radius 1 is 1.31 bits per heavy atom. The number of likely N-dealkylation sites (tertiary alicyclic amines) is 1. The van der Waals surface area contributed by atoms with Crippen molar-refractivity contribution < 1.29 is 9.13 Å². The van der Waals surface area contributed by atoms with Gasteiger partial charge >= 0.3 is 0 Å². The van der Waals surface area contributed by atoms with Gasteiger partial charge in [-0.15, -0.1) is 0 Å². The van der Waals surface area contributed by atoms with Crippen LogP contribution in [0.2, 0.25) is 0 Å². The van der Waals surface area contributed by atoms with Crippen LogP contribution in [0.5, 0.6) is 5.75 Å². The fraction of sp³-hybridized carbons (Fsp3) is 0.538. The predicted octanol–water partition coefficient (Wildman–Crippen LogP) is 2.61. The summed E-state index contributed by atoms with van der Waals surface area (Å²) in [5, 5.41) is 0. The lowest BCUT2D eigenvalue weighted by Gasteiger charge is -2.29. The minimum atomic E-state index is -0.189. The lowest BCUT2D eigenvalue weighted by Crippen LogP contribution is -2.35. The van der Waals surface area contributed by atoms with Gasteiger partial charge in [-0.05, 0) is 38.4 Å². The van der Waals surface area contributed by atoms with Gasteiger partial charge in [0.15, 0.2) is 0 Å². The number of rotatable bonds is 2. The molecule has 0 N–H and O–H groups in total. The Labute approximate surface area is 96.0 Å². The molecule has 3 heteroatoms. The smallest absolute Gasteiger partial charge is 0.129 e. The molecular formula is C13H18FNO. The second kappa shape index (κ2) is 4.83. The Kier molecular flexibility index (Phi) is 3.44. The third-order valence-electron chi connectivity index (χ3n) is 3.11. The Morgan fingerprint density at radius 2 is 2.00 bits per heavy atom. The van der Waals surface area contributed by atoms with Gasteiger partial charge in [0.05, 0.1) is 0 Å². The number of benzene rings is 1. The van der Waals surface area contributed by atoms with Crippen LogP contribution in [-0.2, 0) is 0 Å². The Morgan fingerprint density at radius 3 is 2.62 bits per heavy atom. The van der Waals surface area contributed by atoms with E-state index in [0.29, 0.717) is 11.3 Å². The van der Waals surface area contributed by atoms with Gasteiger partial charge in [0.25, 0.3) is 0 Å². The summed E-state index contributed by atoms with van der Waals surface area (Å²) in [6.45, 7) is 3.87. The van der Waals surface area contributed by atoms with Crippen molar-refractivity contribution in [1.82, 2.24) is 4.90 Å². The van der Waals surface area contributed by atoms with Gasteiger partial charge in [0, 0.05) is 19.2 Å². The van der Waals surface area contributed by atoms with Crippen molar-refractivity contribution in [2.75, 3.05) is 20.1 Å². The molecule has 1 aromatic carbocycles. The predicted molar refractivity (Wildman–Crippen MR) is 62.3 cm³/mol. The van der Waals surface area contributed by atoms with Gasteiger partial charge in [-0.3, -0.25) is 0 Å². The van der Waals surface area contributed by atoms with Gasteiger partial charge in [-0.2, -0.15) is 0 Å². The third kappa shape index (κ3) is 2.73. The average molecular weight is 223 g/mol. The molecule has 1 heterocycles. The first-order valence-electron chi connectivity index (χ1n) is 5.76. The summed E-state index contributed by atoms with van der Waals surface area (Å²) in [6.07, 6.45) is 2.27. The number of hydrogen-bond donors (Lipinski definition) is 0. The monoisotopic (exact) mass is 223 g/mol. The summed E-state index contributed by atoms with van der Waals surface area (Å²) in [7, 11) is 2.11. The van der Waals surface area contributed by atoms with Crippen LogP contribution in [-0.4, -0.2) is 31.1 Å². The molecule has 0 saturated carbocycles. The van der Waals surface area contributed by atoms with Crippen molar-refractivity contribution in [2.45, 2.75) is 25.9 Å². The van der Waals surface area contributed by atoms with Crippen LogP contribution in [0.1, 0.15) is 18.4 Å². The highest BCUT2D eigenvalue weighted by Gasteiger charge is 2.18. The van der Waals surface area contributed by atoms with E-state index in [-0.39, 0.29) is 11.9 Å². The molecule has 0 atom stereocenters. The molecule has 88 valence electrons. The quantitative estimate of drug-likeness (QED) is 0.764. The summed E-state index contributed by atoms with van der Waals surface area (Å²) in [5.41, 5.74) is 0.663. The molecule has 2 nitrogen and oxygen atoms in total. The molecule has 1 aliphatic heterocycles. The summed E-state index contributed by atoms with van der Waals surface area (Å²) < 4.78 is 19.1. The first-order chi connectivity index (χ1) is 7.65. The number of hydrogen-bond acceptors (Lipinski definition) is 2. The van der Waals surface area contributed by atoms with Crippen molar-refractivity contribution in [3.63, 3.8) is 0 Å². The van der Waals surface area contributed by atoms with Crippen LogP contribution < -0.4 is 4.74 Å². The standard InChI is InChI=1S/C13H18FNO/c1-10-3-4-12(9-13(10)14)16-11-5-7-15(2)8-6-11/h3-4,9,11H,5-8H2,1-2H3. The molecule has 0 aromatic heterocycles. The zero-order chi connectivity index (χ0) is 11.5. The van der Waals surface area contributed by atoms with Crippen LogP contribution >= 0.6 is 0 Å². The molecule has 0 spiro atoms. The van der Waals surface area contributed by atoms with Crippen molar-refractivity contribution in [3.8, 4) is 5.75 Å². The van der Waals surface area contributed by atoms with Crippen LogP contribution in [0, 0.1) is 12.7 Å². The maximum Gasteiger partial charge on any atom is 0.129 e. The van der Waals surface area contributed by atoms with Crippen LogP contribution in [0.15, 0.2) is 18.2 Å². The highest BCUT2D eigenvalue weighted by Crippen LogP contribution is 2.20. The molecule has 1 fully saturated rings. The molecule has 0 bridgehead atoms. The van der Waals surface area contributed by atoms with Gasteiger partial charge in [-0.25, -0.2) is 4.39 Å². The molecule has 2 rings (SSSR count). The minimum Gasteiger partial charge on any atom is -0.490 e. The van der Waals surface area contributed by atoms with E-state index in [1.165, 1.54) is 6.07 Å². The first-order valence-corrected chi connectivity index (χ1v) is 5.76. The lowest BCUT2D eigenvalue weighted by molar-refractivity contribution is 0.114. The fourth-order valence-electron chi connectivity index (χ4n) is 1.94. The van der Waals surface area contributed by atoms with Crippen LogP contribution in [0.25, 0.3) is 0 Å². The second-order valence-corrected chi connectivity index (χ2v) is 4.53. The number of aryl methyl sites for hydroxylation is 1. The second-order valence-electron chi connectivity index (χ2n) is 4.53. The van der Waals surface area contributed by atoms with Crippen molar-refractivity contribution in [1.29, 1.82) is 0 Å². The summed E-state index contributed by atoms with van der Waals surface area (Å²) in [4.78, 5) is 2.29. The molecular weight excluding hydrogens is 205 g/mol. The van der Waals surface area contributed by atoms with Gasteiger partial charge in [0.1, 0.15) is 17.7 Å². The Hall–Kier alpha value is -1.09. The van der Waals surface area contributed by atoms with E-state index in [9.17, 15) is 4.39 Å². The van der Waals surface area contributed by atoms with Crippen molar-refractivity contribution in [3.05, 3.63) is 29.6 Å². The van der Waals surface area contributed by atoms with Crippen LogP contribution in [0.3, 0.4) is 0 Å². The number of nitrogens with zero attached hydrogens (tertiary/aromatic N) is 1. The van der Waals surface area contributed by atoms with Crippen LogP contribution in [0.4, 0.5) is 4.39 Å². The van der Waals surface area contributed by atoms with Gasteiger partial charge in [0.2, 0.25) is 0 Å². The van der Waals surface area contributed by atoms with Gasteiger partial charge < -0.3 is 9.64 Å². The van der Waals surface area contributed by atoms with E-state index in [2.05, 4.69) is 11.9 Å². The topological polar surface area (TPSA) is 12.5 Å². The highest BCUT2D eigenvalue weighted by molar-refractivity contribution is 5.28. The molecule has 0 aliphatic carbocycles. The van der Waals surface area contributed by atoms with E-state index >= 15 is 0 Å². The molecule has 0 radical (unpaired) electrons. The number of ether oxygens (including phenoxy) is 1. The molecule has 1 aromatic rings. The number of piperidine rings is 1. The zero-order valence-electron chi connectivity index (χ0n) is 9.87. The summed E-state index contributed by atoms with van der Waals surface area (Å²) in [6, 6.07) is 5.09. The SMILES string of the molecule is Cc1ccc(OC2CCN(C)CC2)cc1F. The maximum atomic E-state index is 13.3. The van der Waals surface area contributed by atoms with Gasteiger partial charge in [-0.1, -0.05) is 6.07 Å². The first kappa shape index (κ1) is 11.4. The maximum absolute atomic E-state index is 13.3. The average Bonchev–Trinajstić information content (AvgIpc) is 2.27. The summed E-state index contributed by atoms with van der Waals surface area (Å²) >= 11 is 0. The minimum absolute atomic E-state index is 0.189. The Bertz CT molecular complexity index is 359. The zero-order valence-corrected chi connectivity index (χ0v) is 9.87. The fourth-order valence-corrected chi connectivity index (χ4v) is 1.94. The molecule has 0 amide bonds. The third-order valence-corrected chi connectivity index (χ3v) is 3.11.